The van der Waals surface area contributed by atoms with Gasteiger partial charge in [0.2, 0.25) is 0 Å². The van der Waals surface area contributed by atoms with Crippen LogP contribution in [-0.2, 0) is 31.9 Å². The van der Waals surface area contributed by atoms with Crippen LogP contribution in [0.5, 0.6) is 5.75 Å². The first-order valence-electron chi connectivity index (χ1n) is 6.95. The van der Waals surface area contributed by atoms with Crippen molar-refractivity contribution in [3.63, 3.8) is 0 Å². The van der Waals surface area contributed by atoms with E-state index in [-0.39, 0.29) is 17.4 Å². The molecule has 0 fully saturated rings. The number of fused-ring (bicyclic) bond motifs is 1. The molecule has 0 heterocycles. The predicted molar refractivity (Wildman–Crippen MR) is 101 cm³/mol. The fourth-order valence-corrected chi connectivity index (χ4v) is 5.09. The standard InChI is InChI=1S/C13H9Cl3O9S3/c1-2-24-13(17)25-10-6-9-7(4-12(10)28(16,22)23)3-8(26(14,18)19)5-11(9)27(15,20)21/h3-6H,2H2,1H3. The zero-order chi connectivity index (χ0) is 21.5. The Balaban J connectivity index is 2.98. The molecule has 0 spiro atoms. The van der Waals surface area contributed by atoms with E-state index < -0.39 is 53.7 Å². The topological polar surface area (TPSA) is 138 Å². The number of halogens is 3. The molecule has 28 heavy (non-hydrogen) atoms. The summed E-state index contributed by atoms with van der Waals surface area (Å²) >= 11 is 0. The minimum Gasteiger partial charge on any atom is -0.434 e. The van der Waals surface area contributed by atoms with Gasteiger partial charge in [-0.25, -0.2) is 30.0 Å². The van der Waals surface area contributed by atoms with Crippen LogP contribution in [0.25, 0.3) is 10.8 Å². The van der Waals surface area contributed by atoms with Gasteiger partial charge in [-0.2, -0.15) is 0 Å². The molecular weight excluding hydrogens is 503 g/mol. The smallest absolute Gasteiger partial charge is 0.434 e. The highest BCUT2D eigenvalue weighted by Gasteiger charge is 2.26. The zero-order valence-corrected chi connectivity index (χ0v) is 18.3. The van der Waals surface area contributed by atoms with Crippen molar-refractivity contribution in [2.75, 3.05) is 6.61 Å². The number of carbonyl (C=O) groups excluding carboxylic acids is 1. The normalized spacial score (nSPS) is 12.7. The van der Waals surface area contributed by atoms with Gasteiger partial charge in [0.15, 0.2) is 5.75 Å². The van der Waals surface area contributed by atoms with Crippen molar-refractivity contribution in [2.24, 2.45) is 0 Å². The summed E-state index contributed by atoms with van der Waals surface area (Å²) in [6.45, 7) is 1.38. The molecule has 0 saturated heterocycles. The van der Waals surface area contributed by atoms with Gasteiger partial charge in [0, 0.05) is 37.4 Å². The lowest BCUT2D eigenvalue weighted by Crippen LogP contribution is -2.12. The van der Waals surface area contributed by atoms with Crippen LogP contribution in [0, 0.1) is 0 Å². The van der Waals surface area contributed by atoms with Gasteiger partial charge >= 0.3 is 6.16 Å². The van der Waals surface area contributed by atoms with Gasteiger partial charge in [-0.05, 0) is 36.6 Å². The molecule has 2 aromatic carbocycles. The number of rotatable bonds is 5. The number of hydrogen-bond donors (Lipinski definition) is 0. The van der Waals surface area contributed by atoms with E-state index in [0.29, 0.717) is 6.07 Å². The monoisotopic (exact) mass is 510 g/mol. The van der Waals surface area contributed by atoms with Crippen LogP contribution in [0.1, 0.15) is 6.92 Å². The summed E-state index contributed by atoms with van der Waals surface area (Å²) in [4.78, 5) is 9.47. The minimum absolute atomic E-state index is 0.0897. The highest BCUT2D eigenvalue weighted by Crippen LogP contribution is 2.37. The van der Waals surface area contributed by atoms with Crippen LogP contribution in [0.2, 0.25) is 0 Å². The van der Waals surface area contributed by atoms with E-state index in [0.717, 1.165) is 18.2 Å². The Labute approximate surface area is 173 Å². The maximum Gasteiger partial charge on any atom is 0.513 e. The van der Waals surface area contributed by atoms with E-state index in [1.54, 1.807) is 0 Å². The average Bonchev–Trinajstić information content (AvgIpc) is 2.50. The molecule has 9 nitrogen and oxygen atoms in total. The SMILES string of the molecule is CCOC(=O)Oc1cc2c(S(=O)(=O)Cl)cc(S(=O)(=O)Cl)cc2cc1S(=O)(=O)Cl. The Bertz CT molecular complexity index is 1280. The fraction of sp³-hybridized carbons (Fsp3) is 0.154. The summed E-state index contributed by atoms with van der Waals surface area (Å²) in [5.74, 6) is -0.649. The summed E-state index contributed by atoms with van der Waals surface area (Å²) in [6.07, 6.45) is -1.28. The number of carbonyl (C=O) groups is 1. The van der Waals surface area contributed by atoms with Crippen LogP contribution in [0.4, 0.5) is 4.79 Å². The molecule has 0 aromatic heterocycles. The highest BCUT2D eigenvalue weighted by molar-refractivity contribution is 8.14. The largest absolute Gasteiger partial charge is 0.513 e. The van der Waals surface area contributed by atoms with E-state index >= 15 is 0 Å². The van der Waals surface area contributed by atoms with Crippen molar-refractivity contribution in [3.8, 4) is 5.75 Å². The van der Waals surface area contributed by atoms with E-state index in [1.807, 2.05) is 0 Å². The fourth-order valence-electron chi connectivity index (χ4n) is 2.16. The lowest BCUT2D eigenvalue weighted by atomic mass is 10.1. The molecule has 0 saturated carbocycles. The number of hydrogen-bond acceptors (Lipinski definition) is 9. The van der Waals surface area contributed by atoms with Crippen molar-refractivity contribution in [1.82, 2.24) is 0 Å². The van der Waals surface area contributed by atoms with Crippen molar-refractivity contribution >= 4 is 76.1 Å². The molecule has 2 aromatic rings. The predicted octanol–water partition coefficient (Wildman–Crippen LogP) is 3.16. The van der Waals surface area contributed by atoms with Crippen molar-refractivity contribution in [3.05, 3.63) is 24.3 Å². The third-order valence-electron chi connectivity index (χ3n) is 3.21. The van der Waals surface area contributed by atoms with E-state index in [2.05, 4.69) is 4.74 Å². The third kappa shape index (κ3) is 5.19. The maximum absolute atomic E-state index is 11.9. The molecule has 2 rings (SSSR count). The van der Waals surface area contributed by atoms with Gasteiger partial charge in [0.05, 0.1) is 16.4 Å². The summed E-state index contributed by atoms with van der Waals surface area (Å²) in [7, 11) is 2.51. The van der Waals surface area contributed by atoms with Gasteiger partial charge < -0.3 is 9.47 Å². The summed E-state index contributed by atoms with van der Waals surface area (Å²) in [6, 6.07) is 3.24. The summed E-state index contributed by atoms with van der Waals surface area (Å²) in [5.41, 5.74) is 0. The first-order chi connectivity index (χ1) is 12.6. The maximum atomic E-state index is 11.9. The molecule has 15 heteroatoms. The lowest BCUT2D eigenvalue weighted by Gasteiger charge is -2.12. The molecule has 154 valence electrons. The van der Waals surface area contributed by atoms with E-state index in [4.69, 9.17) is 36.8 Å². The average molecular weight is 512 g/mol. The van der Waals surface area contributed by atoms with E-state index in [9.17, 15) is 30.0 Å². The van der Waals surface area contributed by atoms with Gasteiger partial charge in [-0.3, -0.25) is 0 Å². The lowest BCUT2D eigenvalue weighted by molar-refractivity contribution is 0.103. The van der Waals surface area contributed by atoms with Crippen molar-refractivity contribution in [2.45, 2.75) is 21.6 Å². The molecule has 0 atom stereocenters. The van der Waals surface area contributed by atoms with Gasteiger partial charge in [-0.1, -0.05) is 0 Å². The minimum atomic E-state index is -4.52. The highest BCUT2D eigenvalue weighted by atomic mass is 35.7. The van der Waals surface area contributed by atoms with Crippen LogP contribution in [0.3, 0.4) is 0 Å². The third-order valence-corrected chi connectivity index (χ3v) is 7.25. The van der Waals surface area contributed by atoms with Crippen LogP contribution in [-0.4, -0.2) is 38.0 Å². The second kappa shape index (κ2) is 7.84. The molecule has 0 amide bonds. The summed E-state index contributed by atoms with van der Waals surface area (Å²) in [5, 5.41) is -0.459. The van der Waals surface area contributed by atoms with Crippen LogP contribution >= 0.6 is 32.0 Å². The zero-order valence-electron chi connectivity index (χ0n) is 13.5. The van der Waals surface area contributed by atoms with Crippen molar-refractivity contribution < 1.29 is 39.5 Å². The first kappa shape index (κ1) is 23.0. The number of benzene rings is 2. The summed E-state index contributed by atoms with van der Waals surface area (Å²) < 4.78 is 80.0. The molecule has 0 aliphatic carbocycles. The Hall–Kier alpha value is -1.31. The van der Waals surface area contributed by atoms with Gasteiger partial charge in [-0.15, -0.1) is 0 Å². The second-order valence-corrected chi connectivity index (χ2v) is 12.7. The van der Waals surface area contributed by atoms with Crippen LogP contribution in [0.15, 0.2) is 39.0 Å². The molecular formula is C13H9Cl3O9S3. The molecule has 0 aliphatic rings. The first-order valence-corrected chi connectivity index (χ1v) is 13.9. The molecule has 0 aliphatic heterocycles. The molecule has 0 unspecified atom stereocenters. The molecule has 0 N–H and O–H groups in total. The Kier molecular flexibility index (Phi) is 6.43. The molecule has 0 bridgehead atoms. The van der Waals surface area contributed by atoms with Gasteiger partial charge in [0.25, 0.3) is 27.2 Å². The molecule has 0 radical (unpaired) electrons. The van der Waals surface area contributed by atoms with E-state index in [1.165, 1.54) is 6.92 Å². The van der Waals surface area contributed by atoms with Crippen LogP contribution < -0.4 is 4.74 Å². The Morgan fingerprint density at radius 1 is 0.857 bits per heavy atom. The Morgan fingerprint density at radius 2 is 1.43 bits per heavy atom. The quantitative estimate of drug-likeness (QED) is 0.336. The Morgan fingerprint density at radius 3 is 1.89 bits per heavy atom. The van der Waals surface area contributed by atoms with Crippen molar-refractivity contribution in [1.29, 1.82) is 0 Å². The number of ether oxygens (including phenoxy) is 2. The second-order valence-electron chi connectivity index (χ2n) is 5.04. The van der Waals surface area contributed by atoms with Gasteiger partial charge in [0.1, 0.15) is 4.90 Å².